The van der Waals surface area contributed by atoms with Crippen molar-refractivity contribution in [3.63, 3.8) is 0 Å². The summed E-state index contributed by atoms with van der Waals surface area (Å²) >= 11 is 0. The van der Waals surface area contributed by atoms with Gasteiger partial charge in [-0.25, -0.2) is 0 Å². The summed E-state index contributed by atoms with van der Waals surface area (Å²) in [5, 5.41) is 10.7. The first-order chi connectivity index (χ1) is 9.70. The van der Waals surface area contributed by atoms with E-state index in [1.807, 2.05) is 17.8 Å². The Bertz CT molecular complexity index is 432. The Kier molecular flexibility index (Phi) is 7.71. The maximum Gasteiger partial charge on any atom is 0.271 e. The van der Waals surface area contributed by atoms with E-state index in [-0.39, 0.29) is 24.4 Å². The topological polar surface area (TPSA) is 68.2 Å². The van der Waals surface area contributed by atoms with Gasteiger partial charge in [0.05, 0.1) is 6.04 Å². The van der Waals surface area contributed by atoms with Crippen LogP contribution in [0.3, 0.4) is 0 Å². The number of rotatable bonds is 6. The van der Waals surface area contributed by atoms with Crippen molar-refractivity contribution in [3.05, 3.63) is 18.0 Å². The fourth-order valence-corrected chi connectivity index (χ4v) is 2.39. The minimum absolute atomic E-state index is 0. The molecular formula is C14H25ClN4O2. The van der Waals surface area contributed by atoms with Crippen molar-refractivity contribution in [2.75, 3.05) is 26.8 Å². The van der Waals surface area contributed by atoms with Gasteiger partial charge < -0.3 is 15.4 Å². The highest BCUT2D eigenvalue weighted by Crippen LogP contribution is 2.15. The lowest BCUT2D eigenvalue weighted by atomic mass is 10.1. The second-order valence-corrected chi connectivity index (χ2v) is 5.34. The molecule has 21 heavy (non-hydrogen) atoms. The average Bonchev–Trinajstić information content (AvgIpc) is 2.96. The molecule has 7 heteroatoms. The van der Waals surface area contributed by atoms with Crippen molar-refractivity contribution in [1.29, 1.82) is 0 Å². The lowest BCUT2D eigenvalue weighted by Gasteiger charge is -2.22. The maximum atomic E-state index is 12.1. The second kappa shape index (κ2) is 9.02. The SMILES string of the molecule is COCCC(C)NC(=O)c1ccn(C2CCCNC2)n1.Cl. The van der Waals surface area contributed by atoms with E-state index >= 15 is 0 Å². The maximum absolute atomic E-state index is 12.1. The number of amides is 1. The van der Waals surface area contributed by atoms with E-state index in [2.05, 4.69) is 15.7 Å². The van der Waals surface area contributed by atoms with Gasteiger partial charge in [-0.15, -0.1) is 12.4 Å². The largest absolute Gasteiger partial charge is 0.385 e. The van der Waals surface area contributed by atoms with Gasteiger partial charge in [0.2, 0.25) is 0 Å². The van der Waals surface area contributed by atoms with E-state index < -0.39 is 0 Å². The fraction of sp³-hybridized carbons (Fsp3) is 0.714. The molecule has 6 nitrogen and oxygen atoms in total. The van der Waals surface area contributed by atoms with Crippen molar-refractivity contribution in [1.82, 2.24) is 20.4 Å². The number of piperidine rings is 1. The Labute approximate surface area is 132 Å². The van der Waals surface area contributed by atoms with Gasteiger partial charge in [0.1, 0.15) is 5.69 Å². The summed E-state index contributed by atoms with van der Waals surface area (Å²) in [5.74, 6) is -0.115. The van der Waals surface area contributed by atoms with Crippen LogP contribution in [0, 0.1) is 0 Å². The molecule has 0 aliphatic carbocycles. The number of halogens is 1. The van der Waals surface area contributed by atoms with E-state index in [0.717, 1.165) is 32.4 Å². The standard InChI is InChI=1S/C14H24N4O2.ClH/c1-11(6-9-20-2)16-14(19)13-5-8-18(17-13)12-4-3-7-15-10-12;/h5,8,11-12,15H,3-4,6-7,9-10H2,1-2H3,(H,16,19);1H. The van der Waals surface area contributed by atoms with Crippen LogP contribution in [0.4, 0.5) is 0 Å². The lowest BCUT2D eigenvalue weighted by Crippen LogP contribution is -2.34. The predicted molar refractivity (Wildman–Crippen MR) is 84.0 cm³/mol. The van der Waals surface area contributed by atoms with Gasteiger partial charge in [0, 0.05) is 32.5 Å². The molecule has 1 aliphatic rings. The molecule has 0 saturated carbocycles. The highest BCUT2D eigenvalue weighted by Gasteiger charge is 2.18. The summed E-state index contributed by atoms with van der Waals surface area (Å²) in [6.07, 6.45) is 4.96. The van der Waals surface area contributed by atoms with E-state index in [9.17, 15) is 4.79 Å². The molecule has 2 rings (SSSR count). The summed E-state index contributed by atoms with van der Waals surface area (Å²) in [4.78, 5) is 12.1. The fourth-order valence-electron chi connectivity index (χ4n) is 2.39. The first-order valence-electron chi connectivity index (χ1n) is 7.26. The molecule has 2 heterocycles. The molecule has 1 aromatic heterocycles. The Morgan fingerprint density at radius 1 is 1.67 bits per heavy atom. The van der Waals surface area contributed by atoms with Crippen LogP contribution in [0.15, 0.2) is 12.3 Å². The number of hydrogen-bond acceptors (Lipinski definition) is 4. The third-order valence-electron chi connectivity index (χ3n) is 3.62. The quantitative estimate of drug-likeness (QED) is 0.832. The van der Waals surface area contributed by atoms with Crippen molar-refractivity contribution >= 4 is 18.3 Å². The van der Waals surface area contributed by atoms with Crippen LogP contribution in [0.5, 0.6) is 0 Å². The zero-order valence-electron chi connectivity index (χ0n) is 12.7. The van der Waals surface area contributed by atoms with Crippen LogP contribution in [0.2, 0.25) is 0 Å². The van der Waals surface area contributed by atoms with Gasteiger partial charge in [-0.3, -0.25) is 9.48 Å². The van der Waals surface area contributed by atoms with E-state index in [1.54, 1.807) is 13.2 Å². The van der Waals surface area contributed by atoms with Gasteiger partial charge >= 0.3 is 0 Å². The van der Waals surface area contributed by atoms with E-state index in [1.165, 1.54) is 0 Å². The molecule has 2 atom stereocenters. The zero-order valence-corrected chi connectivity index (χ0v) is 13.5. The Morgan fingerprint density at radius 2 is 2.48 bits per heavy atom. The Balaban J connectivity index is 0.00000220. The molecule has 1 fully saturated rings. The van der Waals surface area contributed by atoms with Crippen molar-refractivity contribution in [3.8, 4) is 0 Å². The summed E-state index contributed by atoms with van der Waals surface area (Å²) in [6.45, 7) is 4.61. The number of carbonyl (C=O) groups excluding carboxylic acids is 1. The minimum atomic E-state index is -0.115. The van der Waals surface area contributed by atoms with Crippen LogP contribution in [0.25, 0.3) is 0 Å². The molecule has 0 bridgehead atoms. The van der Waals surface area contributed by atoms with Crippen molar-refractivity contribution in [2.24, 2.45) is 0 Å². The predicted octanol–water partition coefficient (Wildman–Crippen LogP) is 1.38. The molecular weight excluding hydrogens is 292 g/mol. The summed E-state index contributed by atoms with van der Waals surface area (Å²) in [6, 6.07) is 2.23. The molecule has 2 unspecified atom stereocenters. The van der Waals surface area contributed by atoms with Crippen LogP contribution in [-0.4, -0.2) is 48.5 Å². The number of nitrogens with one attached hydrogen (secondary N) is 2. The third-order valence-corrected chi connectivity index (χ3v) is 3.62. The first-order valence-corrected chi connectivity index (χ1v) is 7.26. The summed E-state index contributed by atoms with van der Waals surface area (Å²) < 4.78 is 6.91. The van der Waals surface area contributed by atoms with Gasteiger partial charge in [0.25, 0.3) is 5.91 Å². The minimum Gasteiger partial charge on any atom is -0.385 e. The molecule has 0 aromatic carbocycles. The van der Waals surface area contributed by atoms with E-state index in [0.29, 0.717) is 18.3 Å². The summed E-state index contributed by atoms with van der Waals surface area (Å²) in [7, 11) is 1.66. The average molecular weight is 317 g/mol. The molecule has 1 aromatic rings. The Morgan fingerprint density at radius 3 is 3.14 bits per heavy atom. The van der Waals surface area contributed by atoms with E-state index in [4.69, 9.17) is 4.74 Å². The number of hydrogen-bond donors (Lipinski definition) is 2. The molecule has 0 radical (unpaired) electrons. The normalized spacial score (nSPS) is 19.6. The van der Waals surface area contributed by atoms with Crippen LogP contribution in [0.1, 0.15) is 42.7 Å². The highest BCUT2D eigenvalue weighted by atomic mass is 35.5. The molecule has 1 amide bonds. The molecule has 1 saturated heterocycles. The second-order valence-electron chi connectivity index (χ2n) is 5.34. The smallest absolute Gasteiger partial charge is 0.271 e. The van der Waals surface area contributed by atoms with Gasteiger partial charge in [-0.1, -0.05) is 0 Å². The number of carbonyl (C=O) groups is 1. The van der Waals surface area contributed by atoms with Gasteiger partial charge in [0.15, 0.2) is 0 Å². The molecule has 0 spiro atoms. The monoisotopic (exact) mass is 316 g/mol. The third kappa shape index (κ3) is 5.30. The number of ether oxygens (including phenoxy) is 1. The number of nitrogens with zero attached hydrogens (tertiary/aromatic N) is 2. The number of aromatic nitrogens is 2. The molecule has 120 valence electrons. The number of methoxy groups -OCH3 is 1. The van der Waals surface area contributed by atoms with Crippen molar-refractivity contribution < 1.29 is 9.53 Å². The highest BCUT2D eigenvalue weighted by molar-refractivity contribution is 5.92. The van der Waals surface area contributed by atoms with Crippen LogP contribution >= 0.6 is 12.4 Å². The molecule has 1 aliphatic heterocycles. The van der Waals surface area contributed by atoms with Crippen LogP contribution in [-0.2, 0) is 4.74 Å². The molecule has 2 N–H and O–H groups in total. The first kappa shape index (κ1) is 17.9. The van der Waals surface area contributed by atoms with Crippen LogP contribution < -0.4 is 10.6 Å². The summed E-state index contributed by atoms with van der Waals surface area (Å²) in [5.41, 5.74) is 0.486. The lowest BCUT2D eigenvalue weighted by molar-refractivity contribution is 0.0923. The van der Waals surface area contributed by atoms with Crippen molar-refractivity contribution in [2.45, 2.75) is 38.3 Å². The zero-order chi connectivity index (χ0) is 14.4. The Hall–Kier alpha value is -1.11. The van der Waals surface area contributed by atoms with Gasteiger partial charge in [-0.2, -0.15) is 5.10 Å². The van der Waals surface area contributed by atoms with Gasteiger partial charge in [-0.05, 0) is 38.8 Å².